The number of hydrogen-bond acceptors (Lipinski definition) is 2. The number of ether oxygens (including phenoxy) is 1. The average molecular weight is 248 g/mol. The van der Waals surface area contributed by atoms with Crippen LogP contribution in [0.4, 0.5) is 4.79 Å². The predicted octanol–water partition coefficient (Wildman–Crippen LogP) is 3.40. The van der Waals surface area contributed by atoms with Gasteiger partial charge in [-0.2, -0.15) is 0 Å². The van der Waals surface area contributed by atoms with Crippen LogP contribution in [0.3, 0.4) is 0 Å². The van der Waals surface area contributed by atoms with Crippen LogP contribution in [0.25, 0.3) is 0 Å². The third-order valence-corrected chi connectivity index (χ3v) is 2.89. The molecule has 1 rings (SSSR count). The molecule has 0 aromatic carbocycles. The zero-order chi connectivity index (χ0) is 12.2. The second-order valence-electron chi connectivity index (χ2n) is 5.30. The van der Waals surface area contributed by atoms with Gasteiger partial charge in [0, 0.05) is 18.5 Å². The molecule has 0 bridgehead atoms. The molecule has 0 aliphatic heterocycles. The lowest BCUT2D eigenvalue weighted by Gasteiger charge is -2.31. The van der Waals surface area contributed by atoms with Gasteiger partial charge in [0.15, 0.2) is 0 Å². The largest absolute Gasteiger partial charge is 0.444 e. The smallest absolute Gasteiger partial charge is 0.410 e. The first-order chi connectivity index (χ1) is 7.44. The zero-order valence-electron chi connectivity index (χ0n) is 10.5. The Kier molecular flexibility index (Phi) is 4.90. The summed E-state index contributed by atoms with van der Waals surface area (Å²) in [5, 5.41) is 0. The highest BCUT2D eigenvalue weighted by atomic mass is 35.5. The van der Waals surface area contributed by atoms with Crippen molar-refractivity contribution < 1.29 is 9.53 Å². The fourth-order valence-electron chi connectivity index (χ4n) is 2.05. The number of amides is 1. The highest BCUT2D eigenvalue weighted by Crippen LogP contribution is 2.25. The molecule has 0 unspecified atom stereocenters. The van der Waals surface area contributed by atoms with Crippen molar-refractivity contribution in [2.75, 3.05) is 12.4 Å². The van der Waals surface area contributed by atoms with E-state index in [1.165, 1.54) is 12.8 Å². The quantitative estimate of drug-likeness (QED) is 0.716. The zero-order valence-corrected chi connectivity index (χ0v) is 11.2. The summed E-state index contributed by atoms with van der Waals surface area (Å²) in [6.45, 7) is 6.25. The molecule has 0 radical (unpaired) electrons. The highest BCUT2D eigenvalue weighted by Gasteiger charge is 2.29. The highest BCUT2D eigenvalue weighted by molar-refractivity contribution is 6.18. The van der Waals surface area contributed by atoms with Crippen LogP contribution in [0.1, 0.15) is 46.5 Å². The summed E-state index contributed by atoms with van der Waals surface area (Å²) in [6.07, 6.45) is 4.34. The molecule has 4 heteroatoms. The Morgan fingerprint density at radius 3 is 2.38 bits per heavy atom. The Bertz CT molecular complexity index is 232. The lowest BCUT2D eigenvalue weighted by Crippen LogP contribution is -2.43. The summed E-state index contributed by atoms with van der Waals surface area (Å²) in [5.74, 6) is 0.468. The number of hydrogen-bond donors (Lipinski definition) is 0. The number of carbonyl (C=O) groups is 1. The summed E-state index contributed by atoms with van der Waals surface area (Å²) < 4.78 is 5.39. The average Bonchev–Trinajstić information content (AvgIpc) is 2.63. The molecule has 1 aliphatic rings. The van der Waals surface area contributed by atoms with Crippen LogP contribution in [0, 0.1) is 0 Å². The Labute approximate surface area is 103 Å². The van der Waals surface area contributed by atoms with Crippen molar-refractivity contribution in [3.8, 4) is 0 Å². The van der Waals surface area contributed by atoms with E-state index in [-0.39, 0.29) is 6.09 Å². The van der Waals surface area contributed by atoms with Gasteiger partial charge in [-0.05, 0) is 33.6 Å². The van der Waals surface area contributed by atoms with Crippen molar-refractivity contribution in [2.45, 2.75) is 58.1 Å². The molecule has 0 heterocycles. The van der Waals surface area contributed by atoms with E-state index in [9.17, 15) is 4.79 Å². The minimum atomic E-state index is -0.430. The second kappa shape index (κ2) is 5.76. The van der Waals surface area contributed by atoms with E-state index in [2.05, 4.69) is 0 Å². The minimum Gasteiger partial charge on any atom is -0.444 e. The van der Waals surface area contributed by atoms with Gasteiger partial charge in [-0.1, -0.05) is 12.8 Å². The van der Waals surface area contributed by atoms with Crippen LogP contribution in [0.5, 0.6) is 0 Å². The number of alkyl halides is 1. The van der Waals surface area contributed by atoms with Gasteiger partial charge in [0.1, 0.15) is 5.60 Å². The van der Waals surface area contributed by atoms with Crippen molar-refractivity contribution in [1.82, 2.24) is 4.90 Å². The lowest BCUT2D eigenvalue weighted by molar-refractivity contribution is 0.0180. The normalized spacial score (nSPS) is 17.5. The SMILES string of the molecule is CC(C)(C)OC(=O)N(CCCl)C1CCCC1. The van der Waals surface area contributed by atoms with Gasteiger partial charge in [-0.15, -0.1) is 11.6 Å². The van der Waals surface area contributed by atoms with Crippen molar-refractivity contribution in [2.24, 2.45) is 0 Å². The molecular formula is C12H22ClNO2. The maximum Gasteiger partial charge on any atom is 0.410 e. The number of halogens is 1. The van der Waals surface area contributed by atoms with Crippen LogP contribution < -0.4 is 0 Å². The van der Waals surface area contributed by atoms with Crippen molar-refractivity contribution in [1.29, 1.82) is 0 Å². The van der Waals surface area contributed by atoms with E-state index in [1.807, 2.05) is 20.8 Å². The van der Waals surface area contributed by atoms with Crippen LogP contribution in [0.2, 0.25) is 0 Å². The summed E-state index contributed by atoms with van der Waals surface area (Å²) in [5.41, 5.74) is -0.430. The predicted molar refractivity (Wildman–Crippen MR) is 65.9 cm³/mol. The third kappa shape index (κ3) is 4.20. The lowest BCUT2D eigenvalue weighted by atomic mass is 10.2. The molecule has 1 saturated carbocycles. The molecular weight excluding hydrogens is 226 g/mol. The number of rotatable bonds is 3. The van der Waals surface area contributed by atoms with E-state index in [0.29, 0.717) is 18.5 Å². The molecule has 1 fully saturated rings. The van der Waals surface area contributed by atoms with Crippen LogP contribution >= 0.6 is 11.6 Å². The Morgan fingerprint density at radius 2 is 1.94 bits per heavy atom. The Balaban J connectivity index is 2.57. The van der Waals surface area contributed by atoms with E-state index in [1.54, 1.807) is 4.90 Å². The number of nitrogens with zero attached hydrogens (tertiary/aromatic N) is 1. The van der Waals surface area contributed by atoms with Crippen LogP contribution in [-0.4, -0.2) is 35.1 Å². The van der Waals surface area contributed by atoms with E-state index >= 15 is 0 Å². The molecule has 94 valence electrons. The minimum absolute atomic E-state index is 0.222. The van der Waals surface area contributed by atoms with E-state index < -0.39 is 5.60 Å². The molecule has 0 spiro atoms. The topological polar surface area (TPSA) is 29.5 Å². The first-order valence-corrected chi connectivity index (χ1v) is 6.53. The summed E-state index contributed by atoms with van der Waals surface area (Å²) in [7, 11) is 0. The molecule has 3 nitrogen and oxygen atoms in total. The molecule has 0 aromatic heterocycles. The molecule has 0 N–H and O–H groups in total. The van der Waals surface area contributed by atoms with Crippen molar-refractivity contribution in [3.05, 3.63) is 0 Å². The van der Waals surface area contributed by atoms with Gasteiger partial charge >= 0.3 is 6.09 Å². The number of carbonyl (C=O) groups excluding carboxylic acids is 1. The molecule has 16 heavy (non-hydrogen) atoms. The van der Waals surface area contributed by atoms with Gasteiger partial charge in [-0.3, -0.25) is 0 Å². The Morgan fingerprint density at radius 1 is 1.38 bits per heavy atom. The molecule has 1 aliphatic carbocycles. The first-order valence-electron chi connectivity index (χ1n) is 5.99. The van der Waals surface area contributed by atoms with Crippen molar-refractivity contribution in [3.63, 3.8) is 0 Å². The van der Waals surface area contributed by atoms with Gasteiger partial charge in [0.25, 0.3) is 0 Å². The van der Waals surface area contributed by atoms with Crippen LogP contribution in [0.15, 0.2) is 0 Å². The maximum atomic E-state index is 12.0. The second-order valence-corrected chi connectivity index (χ2v) is 5.68. The van der Waals surface area contributed by atoms with Gasteiger partial charge in [0.05, 0.1) is 0 Å². The van der Waals surface area contributed by atoms with Crippen molar-refractivity contribution >= 4 is 17.7 Å². The molecule has 0 saturated heterocycles. The third-order valence-electron chi connectivity index (χ3n) is 2.72. The summed E-state index contributed by atoms with van der Waals surface area (Å²) in [6, 6.07) is 0.327. The molecule has 0 atom stereocenters. The van der Waals surface area contributed by atoms with Gasteiger partial charge < -0.3 is 9.64 Å². The standard InChI is InChI=1S/C12H22ClNO2/c1-12(2,3)16-11(15)14(9-8-13)10-6-4-5-7-10/h10H,4-9H2,1-3H3. The summed E-state index contributed by atoms with van der Waals surface area (Å²) in [4.78, 5) is 13.8. The summed E-state index contributed by atoms with van der Waals surface area (Å²) >= 11 is 5.74. The molecule has 0 aromatic rings. The fraction of sp³-hybridized carbons (Fsp3) is 0.917. The monoisotopic (exact) mass is 247 g/mol. The maximum absolute atomic E-state index is 12.0. The van der Waals surface area contributed by atoms with E-state index in [4.69, 9.17) is 16.3 Å². The van der Waals surface area contributed by atoms with Crippen LogP contribution in [-0.2, 0) is 4.74 Å². The Hall–Kier alpha value is -0.440. The first kappa shape index (κ1) is 13.6. The van der Waals surface area contributed by atoms with Gasteiger partial charge in [0.2, 0.25) is 0 Å². The molecule has 1 amide bonds. The van der Waals surface area contributed by atoms with E-state index in [0.717, 1.165) is 12.8 Å². The van der Waals surface area contributed by atoms with Gasteiger partial charge in [-0.25, -0.2) is 4.79 Å². The fourth-order valence-corrected chi connectivity index (χ4v) is 2.23.